The molecule has 100 valence electrons. The number of anilines is 1. The molecule has 1 aliphatic heterocycles. The van der Waals surface area contributed by atoms with E-state index >= 15 is 0 Å². The van der Waals surface area contributed by atoms with Crippen molar-refractivity contribution in [2.24, 2.45) is 0 Å². The molecule has 2 unspecified atom stereocenters. The van der Waals surface area contributed by atoms with Crippen LogP contribution >= 0.6 is 0 Å². The fourth-order valence-corrected chi connectivity index (χ4v) is 2.59. The predicted molar refractivity (Wildman–Crippen MR) is 71.2 cm³/mol. The molecule has 1 N–H and O–H groups in total. The van der Waals surface area contributed by atoms with Crippen LogP contribution < -0.4 is 4.90 Å². The highest BCUT2D eigenvalue weighted by atomic mass is 19.1. The van der Waals surface area contributed by atoms with Crippen molar-refractivity contribution >= 4 is 5.69 Å². The highest BCUT2D eigenvalue weighted by molar-refractivity contribution is 5.54. The van der Waals surface area contributed by atoms with Gasteiger partial charge in [0.1, 0.15) is 5.82 Å². The Morgan fingerprint density at radius 1 is 1.28 bits per heavy atom. The van der Waals surface area contributed by atoms with Crippen LogP contribution in [0.15, 0.2) is 18.2 Å². The maximum Gasteiger partial charge on any atom is 0.123 e. The summed E-state index contributed by atoms with van der Waals surface area (Å²) in [6.45, 7) is 6.05. The Balaban J connectivity index is 2.26. The second kappa shape index (κ2) is 5.24. The molecule has 4 heteroatoms. The molecule has 0 aromatic heterocycles. The molecule has 1 aliphatic rings. The van der Waals surface area contributed by atoms with E-state index in [0.29, 0.717) is 17.6 Å². The first-order valence-corrected chi connectivity index (χ1v) is 6.39. The average molecular weight is 252 g/mol. The average Bonchev–Trinajstić information content (AvgIpc) is 2.35. The minimum absolute atomic E-state index is 0.123. The molecule has 1 heterocycles. The van der Waals surface area contributed by atoms with E-state index < -0.39 is 0 Å². The molecule has 0 radical (unpaired) electrons. The summed E-state index contributed by atoms with van der Waals surface area (Å²) in [4.78, 5) is 4.58. The van der Waals surface area contributed by atoms with Crippen molar-refractivity contribution in [2.45, 2.75) is 32.5 Å². The van der Waals surface area contributed by atoms with Gasteiger partial charge in [0.2, 0.25) is 0 Å². The van der Waals surface area contributed by atoms with Crippen molar-refractivity contribution in [1.29, 1.82) is 0 Å². The van der Waals surface area contributed by atoms with Crippen molar-refractivity contribution in [3.8, 4) is 0 Å². The molecule has 0 bridgehead atoms. The number of benzene rings is 1. The zero-order valence-corrected chi connectivity index (χ0v) is 11.2. The number of hydrogen-bond donors (Lipinski definition) is 1. The van der Waals surface area contributed by atoms with Gasteiger partial charge in [-0.15, -0.1) is 0 Å². The van der Waals surface area contributed by atoms with E-state index in [0.717, 1.165) is 18.8 Å². The minimum atomic E-state index is -0.293. The SMILES string of the molecule is CC1CN(c2ccc(F)cc2CO)CC(C)N1C. The van der Waals surface area contributed by atoms with Crippen LogP contribution in [0, 0.1) is 5.82 Å². The van der Waals surface area contributed by atoms with Crippen molar-refractivity contribution in [3.05, 3.63) is 29.6 Å². The molecule has 0 amide bonds. The van der Waals surface area contributed by atoms with Crippen LogP contribution in [-0.4, -0.2) is 42.2 Å². The lowest BCUT2D eigenvalue weighted by Gasteiger charge is -2.44. The molecule has 0 saturated carbocycles. The molecular weight excluding hydrogens is 231 g/mol. The fraction of sp³-hybridized carbons (Fsp3) is 0.571. The molecule has 1 fully saturated rings. The smallest absolute Gasteiger partial charge is 0.123 e. The maximum atomic E-state index is 13.2. The summed E-state index contributed by atoms with van der Waals surface area (Å²) in [5, 5.41) is 9.35. The van der Waals surface area contributed by atoms with E-state index in [-0.39, 0.29) is 12.4 Å². The van der Waals surface area contributed by atoms with Crippen LogP contribution in [0.25, 0.3) is 0 Å². The molecule has 18 heavy (non-hydrogen) atoms. The van der Waals surface area contributed by atoms with Gasteiger partial charge in [-0.3, -0.25) is 4.90 Å². The van der Waals surface area contributed by atoms with E-state index in [1.807, 2.05) is 0 Å². The summed E-state index contributed by atoms with van der Waals surface area (Å²) in [5.41, 5.74) is 1.62. The van der Waals surface area contributed by atoms with E-state index in [1.165, 1.54) is 12.1 Å². The maximum absolute atomic E-state index is 13.2. The number of aliphatic hydroxyl groups excluding tert-OH is 1. The van der Waals surface area contributed by atoms with Crippen LogP contribution in [0.3, 0.4) is 0 Å². The third-order valence-electron chi connectivity index (χ3n) is 3.91. The highest BCUT2D eigenvalue weighted by Crippen LogP contribution is 2.26. The summed E-state index contributed by atoms with van der Waals surface area (Å²) < 4.78 is 13.2. The molecule has 1 aromatic carbocycles. The molecular formula is C14H21FN2O. The van der Waals surface area contributed by atoms with E-state index in [9.17, 15) is 9.50 Å². The predicted octanol–water partition coefficient (Wildman–Crippen LogP) is 1.85. The molecule has 1 aromatic rings. The number of nitrogens with zero attached hydrogens (tertiary/aromatic N) is 2. The second-order valence-corrected chi connectivity index (χ2v) is 5.20. The molecule has 0 spiro atoms. The fourth-order valence-electron chi connectivity index (χ4n) is 2.59. The van der Waals surface area contributed by atoms with Crippen molar-refractivity contribution in [3.63, 3.8) is 0 Å². The zero-order valence-electron chi connectivity index (χ0n) is 11.2. The molecule has 0 aliphatic carbocycles. The van der Waals surface area contributed by atoms with Crippen LogP contribution in [0.1, 0.15) is 19.4 Å². The van der Waals surface area contributed by atoms with Crippen LogP contribution in [-0.2, 0) is 6.61 Å². The standard InChI is InChI=1S/C14H21FN2O/c1-10-7-17(8-11(2)16(10)3)14-5-4-13(15)6-12(14)9-18/h4-6,10-11,18H,7-9H2,1-3H3. The molecule has 2 atom stereocenters. The van der Waals surface area contributed by atoms with Gasteiger partial charge >= 0.3 is 0 Å². The summed E-state index contributed by atoms with van der Waals surface area (Å²) in [5.74, 6) is -0.293. The largest absolute Gasteiger partial charge is 0.392 e. The first-order valence-electron chi connectivity index (χ1n) is 6.39. The minimum Gasteiger partial charge on any atom is -0.392 e. The molecule has 2 rings (SSSR count). The number of piperazine rings is 1. The number of likely N-dealkylation sites (N-methyl/N-ethyl adjacent to an activating group) is 1. The molecule has 1 saturated heterocycles. The van der Waals surface area contributed by atoms with Gasteiger partial charge in [0.25, 0.3) is 0 Å². The van der Waals surface area contributed by atoms with E-state index in [2.05, 4.69) is 30.7 Å². The summed E-state index contributed by atoms with van der Waals surface area (Å²) >= 11 is 0. The van der Waals surface area contributed by atoms with Crippen LogP contribution in [0.4, 0.5) is 10.1 Å². The van der Waals surface area contributed by atoms with Gasteiger partial charge in [0.15, 0.2) is 0 Å². The van der Waals surface area contributed by atoms with Gasteiger partial charge in [0.05, 0.1) is 6.61 Å². The van der Waals surface area contributed by atoms with Crippen LogP contribution in [0.2, 0.25) is 0 Å². The van der Waals surface area contributed by atoms with Gasteiger partial charge in [-0.2, -0.15) is 0 Å². The Hall–Kier alpha value is -1.13. The quantitative estimate of drug-likeness (QED) is 0.870. The van der Waals surface area contributed by atoms with E-state index in [4.69, 9.17) is 0 Å². The van der Waals surface area contributed by atoms with Gasteiger partial charge in [-0.25, -0.2) is 4.39 Å². The lowest BCUT2D eigenvalue weighted by Crippen LogP contribution is -2.55. The Labute approximate surface area is 108 Å². The zero-order chi connectivity index (χ0) is 13.3. The number of halogens is 1. The normalized spacial score (nSPS) is 25.5. The third kappa shape index (κ3) is 2.49. The lowest BCUT2D eigenvalue weighted by molar-refractivity contribution is 0.169. The third-order valence-corrected chi connectivity index (χ3v) is 3.91. The molecule has 3 nitrogen and oxygen atoms in total. The Morgan fingerprint density at radius 2 is 1.89 bits per heavy atom. The first kappa shape index (κ1) is 13.3. The van der Waals surface area contributed by atoms with E-state index in [1.54, 1.807) is 6.07 Å². The number of rotatable bonds is 2. The number of hydrogen-bond acceptors (Lipinski definition) is 3. The Bertz CT molecular complexity index is 412. The summed E-state index contributed by atoms with van der Waals surface area (Å²) in [6, 6.07) is 5.55. The van der Waals surface area contributed by atoms with Gasteiger partial charge in [-0.05, 0) is 39.1 Å². The Kier molecular flexibility index (Phi) is 3.88. The van der Waals surface area contributed by atoms with Gasteiger partial charge in [0, 0.05) is 36.4 Å². The topological polar surface area (TPSA) is 26.7 Å². The van der Waals surface area contributed by atoms with Crippen molar-refractivity contribution < 1.29 is 9.50 Å². The Morgan fingerprint density at radius 3 is 2.44 bits per heavy atom. The number of aliphatic hydroxyl groups is 1. The highest BCUT2D eigenvalue weighted by Gasteiger charge is 2.27. The van der Waals surface area contributed by atoms with Crippen molar-refractivity contribution in [2.75, 3.05) is 25.0 Å². The summed E-state index contributed by atoms with van der Waals surface area (Å²) in [6.07, 6.45) is 0. The summed E-state index contributed by atoms with van der Waals surface area (Å²) in [7, 11) is 2.13. The lowest BCUT2D eigenvalue weighted by atomic mass is 10.1. The van der Waals surface area contributed by atoms with Gasteiger partial charge < -0.3 is 10.0 Å². The second-order valence-electron chi connectivity index (χ2n) is 5.20. The monoisotopic (exact) mass is 252 g/mol. The van der Waals surface area contributed by atoms with Gasteiger partial charge in [-0.1, -0.05) is 0 Å². The van der Waals surface area contributed by atoms with Crippen LogP contribution in [0.5, 0.6) is 0 Å². The first-order chi connectivity index (χ1) is 8.52. The van der Waals surface area contributed by atoms with Crippen molar-refractivity contribution in [1.82, 2.24) is 4.90 Å².